The number of thiophene rings is 2. The van der Waals surface area contributed by atoms with Crippen molar-refractivity contribution in [3.05, 3.63) is 200 Å². The molecule has 0 aliphatic carbocycles. The quantitative estimate of drug-likeness (QED) is 0.164. The maximum Gasteiger partial charge on any atom is 0.0555 e. The van der Waals surface area contributed by atoms with Crippen molar-refractivity contribution in [2.75, 3.05) is 4.90 Å². The molecule has 1 nitrogen and oxygen atoms in total. The van der Waals surface area contributed by atoms with Crippen LogP contribution in [0.4, 0.5) is 17.1 Å². The number of hydrogen-bond donors (Lipinski definition) is 0. The Morgan fingerprint density at radius 1 is 0.273 bits per heavy atom. The van der Waals surface area contributed by atoms with E-state index in [9.17, 15) is 0 Å². The molecule has 11 rings (SSSR count). The minimum absolute atomic E-state index is 1.13. The van der Waals surface area contributed by atoms with E-state index in [1.165, 1.54) is 90.2 Å². The molecule has 11 aromatic rings. The standard InChI is InChI=1S/C52H33NS2/c1-2-18-35-34(16-1)17-13-25-36(35)37-19-3-4-20-38(37)39-21-5-9-28-45(39)53(47-30-15-33-50-51(47)44-24-8-12-32-49(44)54-50)46-29-10-6-22-40(46)42-26-14-27-43-41-23-7-11-31-48(41)55-52(42)43/h1-33H. The van der Waals surface area contributed by atoms with E-state index in [0.717, 1.165) is 11.4 Å². The van der Waals surface area contributed by atoms with Crippen molar-refractivity contribution in [3.63, 3.8) is 0 Å². The number of para-hydroxylation sites is 2. The van der Waals surface area contributed by atoms with Crippen LogP contribution in [0.3, 0.4) is 0 Å². The van der Waals surface area contributed by atoms with Gasteiger partial charge in [-0.15, -0.1) is 22.7 Å². The smallest absolute Gasteiger partial charge is 0.0555 e. The molecule has 2 heterocycles. The topological polar surface area (TPSA) is 3.24 Å². The molecule has 2 aromatic heterocycles. The summed E-state index contributed by atoms with van der Waals surface area (Å²) in [4.78, 5) is 2.54. The normalized spacial score (nSPS) is 11.6. The maximum absolute atomic E-state index is 2.54. The van der Waals surface area contributed by atoms with E-state index in [2.05, 4.69) is 205 Å². The van der Waals surface area contributed by atoms with Gasteiger partial charge in [0.25, 0.3) is 0 Å². The zero-order valence-corrected chi connectivity index (χ0v) is 31.4. The van der Waals surface area contributed by atoms with Crippen LogP contribution in [-0.4, -0.2) is 0 Å². The first-order valence-corrected chi connectivity index (χ1v) is 20.3. The molecule has 0 spiro atoms. The third-order valence-electron chi connectivity index (χ3n) is 10.9. The number of hydrogen-bond acceptors (Lipinski definition) is 3. The summed E-state index contributed by atoms with van der Waals surface area (Å²) in [5.74, 6) is 0. The van der Waals surface area contributed by atoms with E-state index >= 15 is 0 Å². The summed E-state index contributed by atoms with van der Waals surface area (Å²) in [7, 11) is 0. The first kappa shape index (κ1) is 32.0. The van der Waals surface area contributed by atoms with Crippen molar-refractivity contribution in [2.45, 2.75) is 0 Å². The molecule has 9 aromatic carbocycles. The maximum atomic E-state index is 2.54. The summed E-state index contributed by atoms with van der Waals surface area (Å²) in [5, 5.41) is 7.66. The third-order valence-corrected chi connectivity index (χ3v) is 13.3. The van der Waals surface area contributed by atoms with Crippen molar-refractivity contribution in [1.82, 2.24) is 0 Å². The van der Waals surface area contributed by atoms with Crippen LogP contribution in [0.15, 0.2) is 200 Å². The van der Waals surface area contributed by atoms with Crippen LogP contribution >= 0.6 is 22.7 Å². The van der Waals surface area contributed by atoms with Gasteiger partial charge in [0, 0.05) is 57.0 Å². The fourth-order valence-electron chi connectivity index (χ4n) is 8.50. The van der Waals surface area contributed by atoms with Crippen LogP contribution in [0.2, 0.25) is 0 Å². The van der Waals surface area contributed by atoms with Gasteiger partial charge in [0.05, 0.1) is 17.1 Å². The van der Waals surface area contributed by atoms with E-state index in [4.69, 9.17) is 0 Å². The van der Waals surface area contributed by atoms with Gasteiger partial charge in [0.15, 0.2) is 0 Å². The lowest BCUT2D eigenvalue weighted by Gasteiger charge is -2.31. The van der Waals surface area contributed by atoms with E-state index in [1.54, 1.807) is 0 Å². The molecular formula is C52H33NS2. The number of benzene rings is 9. The number of rotatable bonds is 6. The van der Waals surface area contributed by atoms with Crippen molar-refractivity contribution in [1.29, 1.82) is 0 Å². The molecular weight excluding hydrogens is 703 g/mol. The van der Waals surface area contributed by atoms with Crippen LogP contribution < -0.4 is 4.90 Å². The van der Waals surface area contributed by atoms with Crippen molar-refractivity contribution >= 4 is 90.9 Å². The van der Waals surface area contributed by atoms with Gasteiger partial charge in [-0.25, -0.2) is 0 Å². The van der Waals surface area contributed by atoms with Gasteiger partial charge >= 0.3 is 0 Å². The molecule has 0 aliphatic rings. The molecule has 0 N–H and O–H groups in total. The zero-order chi connectivity index (χ0) is 36.3. The molecule has 55 heavy (non-hydrogen) atoms. The van der Waals surface area contributed by atoms with E-state index in [-0.39, 0.29) is 0 Å². The van der Waals surface area contributed by atoms with Gasteiger partial charge in [-0.3, -0.25) is 0 Å². The Labute approximate surface area is 327 Å². The lowest BCUT2D eigenvalue weighted by atomic mass is 9.90. The SMILES string of the molecule is c1ccc(-c2cccc3ccccc23)c(-c2ccccc2N(c2ccccc2-c2cccc3c2sc2ccccc23)c2cccc3sc4ccccc4c23)c1. The van der Waals surface area contributed by atoms with Crippen LogP contribution in [-0.2, 0) is 0 Å². The summed E-state index contributed by atoms with van der Waals surface area (Å²) in [6.45, 7) is 0. The third kappa shape index (κ3) is 5.20. The monoisotopic (exact) mass is 735 g/mol. The van der Waals surface area contributed by atoms with E-state index < -0.39 is 0 Å². The zero-order valence-electron chi connectivity index (χ0n) is 29.8. The summed E-state index contributed by atoms with van der Waals surface area (Å²) in [6, 6.07) is 73.5. The summed E-state index contributed by atoms with van der Waals surface area (Å²) in [6.07, 6.45) is 0. The lowest BCUT2D eigenvalue weighted by Crippen LogP contribution is -2.13. The van der Waals surface area contributed by atoms with Gasteiger partial charge in [-0.2, -0.15) is 0 Å². The molecule has 0 saturated carbocycles. The van der Waals surface area contributed by atoms with Crippen LogP contribution in [0, 0.1) is 0 Å². The predicted octanol–water partition coefficient (Wildman–Crippen LogP) is 16.0. The Balaban J connectivity index is 1.22. The summed E-state index contributed by atoms with van der Waals surface area (Å²) in [5.41, 5.74) is 10.7. The highest BCUT2D eigenvalue weighted by Crippen LogP contribution is 2.51. The highest BCUT2D eigenvalue weighted by molar-refractivity contribution is 7.26. The van der Waals surface area contributed by atoms with Gasteiger partial charge in [-0.1, -0.05) is 164 Å². The van der Waals surface area contributed by atoms with Crippen molar-refractivity contribution in [2.24, 2.45) is 0 Å². The molecule has 0 bridgehead atoms. The van der Waals surface area contributed by atoms with Gasteiger partial charge in [0.2, 0.25) is 0 Å². The second-order valence-corrected chi connectivity index (χ2v) is 16.1. The predicted molar refractivity (Wildman–Crippen MR) is 241 cm³/mol. The molecule has 0 saturated heterocycles. The van der Waals surface area contributed by atoms with E-state index in [1.807, 2.05) is 22.7 Å². The Bertz CT molecular complexity index is 3230. The molecule has 0 amide bonds. The summed E-state index contributed by atoms with van der Waals surface area (Å²) < 4.78 is 5.19. The molecule has 3 heteroatoms. The first-order valence-electron chi connectivity index (χ1n) is 18.7. The number of fused-ring (bicyclic) bond motifs is 7. The molecule has 0 fully saturated rings. The largest absolute Gasteiger partial charge is 0.309 e. The highest BCUT2D eigenvalue weighted by Gasteiger charge is 2.25. The minimum Gasteiger partial charge on any atom is -0.309 e. The fourth-order valence-corrected chi connectivity index (χ4v) is 10.9. The lowest BCUT2D eigenvalue weighted by molar-refractivity contribution is 1.30. The number of nitrogens with zero attached hydrogens (tertiary/aromatic N) is 1. The summed E-state index contributed by atoms with van der Waals surface area (Å²) >= 11 is 3.75. The van der Waals surface area contributed by atoms with Gasteiger partial charge in [0.1, 0.15) is 0 Å². The Hall–Kier alpha value is -6.52. The van der Waals surface area contributed by atoms with Crippen LogP contribution in [0.25, 0.3) is 84.5 Å². The second kappa shape index (κ2) is 13.1. The van der Waals surface area contributed by atoms with Gasteiger partial charge < -0.3 is 4.90 Å². The number of anilines is 3. The van der Waals surface area contributed by atoms with Gasteiger partial charge in [-0.05, 0) is 63.9 Å². The fraction of sp³-hybridized carbons (Fsp3) is 0. The molecule has 0 aliphatic heterocycles. The minimum atomic E-state index is 1.13. The molecule has 0 radical (unpaired) electrons. The molecule has 258 valence electrons. The van der Waals surface area contributed by atoms with Crippen LogP contribution in [0.5, 0.6) is 0 Å². The second-order valence-electron chi connectivity index (χ2n) is 14.0. The van der Waals surface area contributed by atoms with Crippen molar-refractivity contribution in [3.8, 4) is 33.4 Å². The average Bonchev–Trinajstić information content (AvgIpc) is 3.83. The first-order chi connectivity index (χ1) is 27.3. The van der Waals surface area contributed by atoms with E-state index in [0.29, 0.717) is 0 Å². The van der Waals surface area contributed by atoms with Crippen LogP contribution in [0.1, 0.15) is 0 Å². The Morgan fingerprint density at radius 2 is 0.727 bits per heavy atom. The highest BCUT2D eigenvalue weighted by atomic mass is 32.1. The Morgan fingerprint density at radius 3 is 1.51 bits per heavy atom. The average molecular weight is 736 g/mol. The Kier molecular flexibility index (Phi) is 7.61. The van der Waals surface area contributed by atoms with Crippen molar-refractivity contribution < 1.29 is 0 Å². The molecule has 0 unspecified atom stereocenters. The molecule has 0 atom stereocenters.